The summed E-state index contributed by atoms with van der Waals surface area (Å²) in [7, 11) is 0. The zero-order valence-corrected chi connectivity index (χ0v) is 13.0. The maximum Gasteiger partial charge on any atom is 0.226 e. The monoisotopic (exact) mass is 285 g/mol. The van der Waals surface area contributed by atoms with Crippen molar-refractivity contribution in [2.45, 2.75) is 27.2 Å². The van der Waals surface area contributed by atoms with Gasteiger partial charge in [0.25, 0.3) is 0 Å². The van der Waals surface area contributed by atoms with E-state index in [1.54, 1.807) is 0 Å². The van der Waals surface area contributed by atoms with Gasteiger partial charge in [-0.1, -0.05) is 56.9 Å². The number of para-hydroxylation sites is 1. The molecular weight excluding hydrogens is 262 g/mol. The molecule has 3 nitrogen and oxygen atoms in total. The average Bonchev–Trinajstić information content (AvgIpc) is 2.43. The van der Waals surface area contributed by atoms with Gasteiger partial charge < -0.3 is 10.1 Å². The third-order valence-corrected chi connectivity index (χ3v) is 2.78. The Labute approximate surface area is 127 Å². The molecule has 0 fully saturated rings. The van der Waals surface area contributed by atoms with E-state index in [1.165, 1.54) is 0 Å². The molecule has 1 N–H and O–H groups in total. The molecule has 0 saturated heterocycles. The zero-order chi connectivity index (χ0) is 15.7. The molecule has 0 aromatic heterocycles. The number of hydrogen-bond acceptors (Lipinski definition) is 2. The molecule has 1 amide bonds. The molecule has 0 saturated carbocycles. The molecular formula is C18H23NO2. The summed E-state index contributed by atoms with van der Waals surface area (Å²) < 4.78 is 5.63. The van der Waals surface area contributed by atoms with Crippen LogP contribution in [-0.2, 0) is 11.2 Å². The highest BCUT2D eigenvalue weighted by atomic mass is 16.5. The zero-order valence-electron chi connectivity index (χ0n) is 13.0. The minimum atomic E-state index is -0.387. The molecule has 0 aliphatic rings. The highest BCUT2D eigenvalue weighted by molar-refractivity contribution is 5.81. The van der Waals surface area contributed by atoms with Gasteiger partial charge in [0.1, 0.15) is 12.4 Å². The lowest BCUT2D eigenvalue weighted by molar-refractivity contribution is -0.128. The minimum absolute atomic E-state index is 0.00551. The van der Waals surface area contributed by atoms with Crippen molar-refractivity contribution in [3.05, 3.63) is 42.5 Å². The van der Waals surface area contributed by atoms with E-state index in [2.05, 4.69) is 23.7 Å². The molecule has 0 bridgehead atoms. The Hall–Kier alpha value is -2.21. The third-order valence-electron chi connectivity index (χ3n) is 2.78. The van der Waals surface area contributed by atoms with Crippen molar-refractivity contribution in [3.8, 4) is 17.6 Å². The van der Waals surface area contributed by atoms with Crippen molar-refractivity contribution in [1.29, 1.82) is 0 Å². The Morgan fingerprint density at radius 1 is 1.33 bits per heavy atom. The summed E-state index contributed by atoms with van der Waals surface area (Å²) in [5.74, 6) is 6.60. The minimum Gasteiger partial charge on any atom is -0.481 e. The van der Waals surface area contributed by atoms with E-state index in [1.807, 2.05) is 51.1 Å². The topological polar surface area (TPSA) is 38.3 Å². The number of allylic oxidation sites excluding steroid dienone is 1. The second-order valence-corrected chi connectivity index (χ2v) is 5.68. The molecule has 21 heavy (non-hydrogen) atoms. The first kappa shape index (κ1) is 16.8. The van der Waals surface area contributed by atoms with Crippen molar-refractivity contribution in [2.24, 2.45) is 5.41 Å². The van der Waals surface area contributed by atoms with Crippen LogP contribution in [0.1, 0.15) is 26.3 Å². The van der Waals surface area contributed by atoms with Crippen molar-refractivity contribution >= 4 is 5.91 Å². The Morgan fingerprint density at radius 2 is 2.05 bits per heavy atom. The number of ether oxygens (including phenoxy) is 1. The fourth-order valence-electron chi connectivity index (χ4n) is 1.59. The second kappa shape index (κ2) is 8.16. The SMILES string of the molecule is C=CCc1ccccc1OCC#CCNC(=O)C(C)(C)C. The van der Waals surface area contributed by atoms with E-state index in [-0.39, 0.29) is 11.3 Å². The first-order valence-corrected chi connectivity index (χ1v) is 7.00. The smallest absolute Gasteiger partial charge is 0.226 e. The van der Waals surface area contributed by atoms with Gasteiger partial charge in [0, 0.05) is 5.41 Å². The molecule has 1 aromatic carbocycles. The number of carbonyl (C=O) groups is 1. The normalized spacial score (nSPS) is 10.2. The molecule has 0 atom stereocenters. The first-order valence-electron chi connectivity index (χ1n) is 7.00. The molecule has 0 spiro atoms. The van der Waals surface area contributed by atoms with Crippen molar-refractivity contribution < 1.29 is 9.53 Å². The molecule has 1 rings (SSSR count). The van der Waals surface area contributed by atoms with Crippen LogP contribution in [0.5, 0.6) is 5.75 Å². The standard InChI is InChI=1S/C18H23NO2/c1-5-10-15-11-6-7-12-16(15)21-14-9-8-13-19-17(20)18(2,3)4/h5-7,11-12H,1,10,13-14H2,2-4H3,(H,19,20). The van der Waals surface area contributed by atoms with Crippen LogP contribution < -0.4 is 10.1 Å². The lowest BCUT2D eigenvalue weighted by Gasteiger charge is -2.16. The average molecular weight is 285 g/mol. The van der Waals surface area contributed by atoms with E-state index in [4.69, 9.17) is 4.74 Å². The van der Waals surface area contributed by atoms with Crippen molar-refractivity contribution in [3.63, 3.8) is 0 Å². The Balaban J connectivity index is 2.40. The summed E-state index contributed by atoms with van der Waals surface area (Å²) in [6.45, 7) is 9.99. The van der Waals surface area contributed by atoms with Gasteiger partial charge in [0.2, 0.25) is 5.91 Å². The number of hydrogen-bond donors (Lipinski definition) is 1. The van der Waals surface area contributed by atoms with Crippen LogP contribution in [0, 0.1) is 17.3 Å². The van der Waals surface area contributed by atoms with Gasteiger partial charge in [-0.15, -0.1) is 6.58 Å². The number of benzene rings is 1. The highest BCUT2D eigenvalue weighted by Crippen LogP contribution is 2.18. The van der Waals surface area contributed by atoms with Gasteiger partial charge in [0.05, 0.1) is 6.54 Å². The van der Waals surface area contributed by atoms with Crippen LogP contribution in [0.4, 0.5) is 0 Å². The summed E-state index contributed by atoms with van der Waals surface area (Å²) >= 11 is 0. The van der Waals surface area contributed by atoms with Gasteiger partial charge in [-0.05, 0) is 18.1 Å². The number of rotatable bonds is 5. The lowest BCUT2D eigenvalue weighted by atomic mass is 9.96. The maximum absolute atomic E-state index is 11.6. The lowest BCUT2D eigenvalue weighted by Crippen LogP contribution is -2.34. The number of amides is 1. The Bertz CT molecular complexity index is 544. The summed E-state index contributed by atoms with van der Waals surface area (Å²) in [4.78, 5) is 11.6. The van der Waals surface area contributed by atoms with E-state index >= 15 is 0 Å². The largest absolute Gasteiger partial charge is 0.481 e. The van der Waals surface area contributed by atoms with Crippen molar-refractivity contribution in [2.75, 3.05) is 13.2 Å². The summed E-state index contributed by atoms with van der Waals surface area (Å²) in [5, 5.41) is 2.77. The van der Waals surface area contributed by atoms with Gasteiger partial charge in [-0.2, -0.15) is 0 Å². The van der Waals surface area contributed by atoms with E-state index in [0.29, 0.717) is 13.2 Å². The molecule has 0 radical (unpaired) electrons. The van der Waals surface area contributed by atoms with Gasteiger partial charge in [0.15, 0.2) is 0 Å². The summed E-state index contributed by atoms with van der Waals surface area (Å²) in [6, 6.07) is 7.83. The number of nitrogens with one attached hydrogen (secondary N) is 1. The van der Waals surface area contributed by atoms with Crippen molar-refractivity contribution in [1.82, 2.24) is 5.32 Å². The number of carbonyl (C=O) groups excluding carboxylic acids is 1. The molecule has 112 valence electrons. The molecule has 0 unspecified atom stereocenters. The maximum atomic E-state index is 11.6. The quantitative estimate of drug-likeness (QED) is 0.667. The second-order valence-electron chi connectivity index (χ2n) is 5.68. The third kappa shape index (κ3) is 6.18. The van der Waals surface area contributed by atoms with Crippen LogP contribution in [0.3, 0.4) is 0 Å². The first-order chi connectivity index (χ1) is 9.95. The fourth-order valence-corrected chi connectivity index (χ4v) is 1.59. The molecule has 0 aliphatic carbocycles. The molecule has 0 aliphatic heterocycles. The van der Waals surface area contributed by atoms with Gasteiger partial charge in [-0.3, -0.25) is 4.79 Å². The van der Waals surface area contributed by atoms with Gasteiger partial charge in [-0.25, -0.2) is 0 Å². The molecule has 1 aromatic rings. The fraction of sp³-hybridized carbons (Fsp3) is 0.389. The summed E-state index contributed by atoms with van der Waals surface area (Å²) in [6.07, 6.45) is 2.61. The van der Waals surface area contributed by atoms with Crippen LogP contribution in [0.15, 0.2) is 36.9 Å². The molecule has 0 heterocycles. The van der Waals surface area contributed by atoms with Gasteiger partial charge >= 0.3 is 0 Å². The van der Waals surface area contributed by atoms with Crippen LogP contribution >= 0.6 is 0 Å². The Kier molecular flexibility index (Phi) is 6.55. The van der Waals surface area contributed by atoms with E-state index < -0.39 is 0 Å². The molecule has 3 heteroatoms. The van der Waals surface area contributed by atoms with Crippen LogP contribution in [0.2, 0.25) is 0 Å². The van der Waals surface area contributed by atoms with E-state index in [0.717, 1.165) is 17.7 Å². The predicted octanol–water partition coefficient (Wildman–Crippen LogP) is 2.96. The Morgan fingerprint density at radius 3 is 2.71 bits per heavy atom. The van der Waals surface area contributed by atoms with Crippen LogP contribution in [0.25, 0.3) is 0 Å². The summed E-state index contributed by atoms with van der Waals surface area (Å²) in [5.41, 5.74) is 0.706. The predicted molar refractivity (Wildman–Crippen MR) is 86.1 cm³/mol. The van der Waals surface area contributed by atoms with E-state index in [9.17, 15) is 4.79 Å². The van der Waals surface area contributed by atoms with Crippen LogP contribution in [-0.4, -0.2) is 19.1 Å². The highest BCUT2D eigenvalue weighted by Gasteiger charge is 2.19.